The number of nitrogens with zero attached hydrogens (tertiary/aromatic N) is 2. The van der Waals surface area contributed by atoms with E-state index >= 15 is 0 Å². The summed E-state index contributed by atoms with van der Waals surface area (Å²) in [5.41, 5.74) is 0. The van der Waals surface area contributed by atoms with E-state index < -0.39 is 0 Å². The van der Waals surface area contributed by atoms with Crippen molar-refractivity contribution in [2.24, 2.45) is 0 Å². The van der Waals surface area contributed by atoms with Crippen LogP contribution in [0, 0.1) is 0 Å². The Morgan fingerprint density at radius 3 is 3.00 bits per heavy atom. The van der Waals surface area contributed by atoms with Gasteiger partial charge in [-0.2, -0.15) is 0 Å². The van der Waals surface area contributed by atoms with Gasteiger partial charge >= 0.3 is 0 Å². The zero-order valence-corrected chi connectivity index (χ0v) is 12.5. The summed E-state index contributed by atoms with van der Waals surface area (Å²) in [6.45, 7) is 7.64. The van der Waals surface area contributed by atoms with Gasteiger partial charge in [0.15, 0.2) is 0 Å². The van der Waals surface area contributed by atoms with Crippen LogP contribution in [0.4, 0.5) is 0 Å². The fourth-order valence-electron chi connectivity index (χ4n) is 3.80. The van der Waals surface area contributed by atoms with E-state index in [2.05, 4.69) is 17.1 Å². The molecule has 0 aromatic carbocycles. The number of carbonyl (C=O) groups excluding carboxylic acids is 1. The van der Waals surface area contributed by atoms with Gasteiger partial charge in [-0.05, 0) is 38.8 Å². The third-order valence-corrected chi connectivity index (χ3v) is 4.87. The molecule has 0 aromatic heterocycles. The van der Waals surface area contributed by atoms with Crippen LogP contribution in [0.3, 0.4) is 0 Å². The lowest BCUT2D eigenvalue weighted by atomic mass is 10.0. The maximum Gasteiger partial charge on any atom is 0.239 e. The van der Waals surface area contributed by atoms with Gasteiger partial charge in [-0.25, -0.2) is 0 Å². The van der Waals surface area contributed by atoms with Crippen LogP contribution in [0.25, 0.3) is 0 Å². The number of piperidine rings is 1. The minimum absolute atomic E-state index is 0.0249. The number of rotatable bonds is 4. The monoisotopic (exact) mass is 281 g/mol. The Kier molecular flexibility index (Phi) is 4.58. The fourth-order valence-corrected chi connectivity index (χ4v) is 3.80. The zero-order valence-electron chi connectivity index (χ0n) is 12.5. The molecule has 1 amide bonds. The number of carbonyl (C=O) groups is 1. The molecule has 3 aliphatic heterocycles. The third-order valence-electron chi connectivity index (χ3n) is 4.87. The number of fused-ring (bicyclic) bond motifs is 1. The molecule has 3 heterocycles. The molecule has 3 fully saturated rings. The van der Waals surface area contributed by atoms with Crippen LogP contribution < -0.4 is 5.32 Å². The third kappa shape index (κ3) is 3.00. The van der Waals surface area contributed by atoms with Gasteiger partial charge in [0.05, 0.1) is 18.8 Å². The second-order valence-corrected chi connectivity index (χ2v) is 6.28. The van der Waals surface area contributed by atoms with Crippen molar-refractivity contribution in [2.45, 2.75) is 50.8 Å². The first-order valence-corrected chi connectivity index (χ1v) is 8.15. The largest absolute Gasteiger partial charge is 0.373 e. The van der Waals surface area contributed by atoms with Gasteiger partial charge in [0.1, 0.15) is 0 Å². The van der Waals surface area contributed by atoms with E-state index in [1.807, 2.05) is 4.90 Å². The first-order valence-electron chi connectivity index (χ1n) is 8.15. The van der Waals surface area contributed by atoms with E-state index in [9.17, 15) is 4.79 Å². The molecule has 3 rings (SSSR count). The number of likely N-dealkylation sites (tertiary alicyclic amines) is 1. The van der Waals surface area contributed by atoms with Crippen LogP contribution in [-0.4, -0.2) is 73.2 Å². The molecule has 0 bridgehead atoms. The maximum atomic E-state index is 12.4. The molecule has 3 atom stereocenters. The predicted molar refractivity (Wildman–Crippen MR) is 77.6 cm³/mol. The average Bonchev–Trinajstić information content (AvgIpc) is 2.91. The molecule has 3 aliphatic rings. The lowest BCUT2D eigenvalue weighted by Crippen LogP contribution is -2.56. The molecular formula is C15H27N3O2. The Hall–Kier alpha value is -0.650. The van der Waals surface area contributed by atoms with Crippen molar-refractivity contribution in [3.8, 4) is 0 Å². The maximum absolute atomic E-state index is 12.4. The van der Waals surface area contributed by atoms with Crippen LogP contribution in [0.15, 0.2) is 0 Å². The van der Waals surface area contributed by atoms with Gasteiger partial charge in [-0.1, -0.05) is 6.92 Å². The highest BCUT2D eigenvalue weighted by Crippen LogP contribution is 2.23. The predicted octanol–water partition coefficient (Wildman–Crippen LogP) is 0.450. The molecule has 0 radical (unpaired) electrons. The Bertz CT molecular complexity index is 348. The smallest absolute Gasteiger partial charge is 0.239 e. The Labute approximate surface area is 121 Å². The Morgan fingerprint density at radius 2 is 2.15 bits per heavy atom. The van der Waals surface area contributed by atoms with Crippen molar-refractivity contribution in [3.05, 3.63) is 0 Å². The molecule has 114 valence electrons. The van der Waals surface area contributed by atoms with Crippen molar-refractivity contribution in [1.82, 2.24) is 15.1 Å². The van der Waals surface area contributed by atoms with Gasteiger partial charge in [0.2, 0.25) is 5.91 Å². The summed E-state index contributed by atoms with van der Waals surface area (Å²) in [6.07, 6.45) is 4.85. The molecule has 5 nitrogen and oxygen atoms in total. The lowest BCUT2D eigenvalue weighted by molar-refractivity contribution is -0.140. The molecule has 1 N–H and O–H groups in total. The van der Waals surface area contributed by atoms with Gasteiger partial charge in [0, 0.05) is 25.7 Å². The number of amides is 1. The van der Waals surface area contributed by atoms with E-state index in [4.69, 9.17) is 4.74 Å². The van der Waals surface area contributed by atoms with Crippen molar-refractivity contribution in [1.29, 1.82) is 0 Å². The van der Waals surface area contributed by atoms with Crippen molar-refractivity contribution in [2.75, 3.05) is 39.3 Å². The molecule has 3 saturated heterocycles. The number of morpholine rings is 1. The van der Waals surface area contributed by atoms with Crippen LogP contribution in [-0.2, 0) is 9.53 Å². The summed E-state index contributed by atoms with van der Waals surface area (Å²) in [6, 6.07) is 0.662. The second-order valence-electron chi connectivity index (χ2n) is 6.28. The molecule has 0 spiro atoms. The number of hydrogen-bond acceptors (Lipinski definition) is 4. The van der Waals surface area contributed by atoms with Gasteiger partial charge in [0.25, 0.3) is 0 Å². The molecule has 0 aliphatic carbocycles. The quantitative estimate of drug-likeness (QED) is 0.813. The highest BCUT2D eigenvalue weighted by atomic mass is 16.5. The molecule has 0 aromatic rings. The number of hydrogen-bond donors (Lipinski definition) is 1. The number of ether oxygens (including phenoxy) is 1. The molecule has 3 unspecified atom stereocenters. The summed E-state index contributed by atoms with van der Waals surface area (Å²) in [5.74, 6) is 0.269. The Morgan fingerprint density at radius 1 is 1.30 bits per heavy atom. The zero-order chi connectivity index (χ0) is 13.9. The van der Waals surface area contributed by atoms with Crippen LogP contribution >= 0.6 is 0 Å². The minimum Gasteiger partial charge on any atom is -0.373 e. The fraction of sp³-hybridized carbons (Fsp3) is 0.933. The lowest BCUT2D eigenvalue weighted by Gasteiger charge is -2.39. The van der Waals surface area contributed by atoms with E-state index in [0.29, 0.717) is 6.04 Å². The second kappa shape index (κ2) is 6.41. The van der Waals surface area contributed by atoms with E-state index in [1.165, 1.54) is 19.4 Å². The van der Waals surface area contributed by atoms with Crippen molar-refractivity contribution < 1.29 is 9.53 Å². The number of likely N-dealkylation sites (N-methyl/N-ethyl adjacent to an activating group) is 1. The summed E-state index contributed by atoms with van der Waals surface area (Å²) < 4.78 is 5.98. The minimum atomic E-state index is 0.0249. The summed E-state index contributed by atoms with van der Waals surface area (Å²) in [5, 5.41) is 3.30. The standard InChI is InChI=1S/C15H27N3O2/c1-2-16-14-6-4-8-18(15(14)19)10-13-9-17-7-3-5-12(17)11-20-13/h12-14,16H,2-11H2,1H3. The summed E-state index contributed by atoms with van der Waals surface area (Å²) in [7, 11) is 0. The molecule has 5 heteroatoms. The van der Waals surface area contributed by atoms with Crippen LogP contribution in [0.5, 0.6) is 0 Å². The molecule has 20 heavy (non-hydrogen) atoms. The van der Waals surface area contributed by atoms with Gasteiger partial charge in [-0.3, -0.25) is 9.69 Å². The number of nitrogens with one attached hydrogen (secondary N) is 1. The van der Waals surface area contributed by atoms with Gasteiger partial charge < -0.3 is 15.0 Å². The summed E-state index contributed by atoms with van der Waals surface area (Å²) >= 11 is 0. The van der Waals surface area contributed by atoms with E-state index in [0.717, 1.165) is 45.6 Å². The SMILES string of the molecule is CCNC1CCCN(CC2CN3CCCC3CO2)C1=O. The first-order chi connectivity index (χ1) is 9.78. The van der Waals surface area contributed by atoms with E-state index in [1.54, 1.807) is 0 Å². The van der Waals surface area contributed by atoms with Crippen LogP contribution in [0.1, 0.15) is 32.6 Å². The molecule has 0 saturated carbocycles. The summed E-state index contributed by atoms with van der Waals surface area (Å²) in [4.78, 5) is 17.0. The topological polar surface area (TPSA) is 44.8 Å². The Balaban J connectivity index is 1.53. The van der Waals surface area contributed by atoms with E-state index in [-0.39, 0.29) is 18.1 Å². The highest BCUT2D eigenvalue weighted by molar-refractivity contribution is 5.82. The first kappa shape index (κ1) is 14.3. The van der Waals surface area contributed by atoms with Crippen LogP contribution in [0.2, 0.25) is 0 Å². The normalized spacial score (nSPS) is 35.4. The van der Waals surface area contributed by atoms with Crippen molar-refractivity contribution >= 4 is 5.91 Å². The highest BCUT2D eigenvalue weighted by Gasteiger charge is 2.35. The van der Waals surface area contributed by atoms with Gasteiger partial charge in [-0.15, -0.1) is 0 Å². The molecular weight excluding hydrogens is 254 g/mol. The van der Waals surface area contributed by atoms with Crippen molar-refractivity contribution in [3.63, 3.8) is 0 Å². The average molecular weight is 281 g/mol.